The lowest BCUT2D eigenvalue weighted by Crippen LogP contribution is -2.47. The summed E-state index contributed by atoms with van der Waals surface area (Å²) >= 11 is 0. The van der Waals surface area contributed by atoms with E-state index in [1.807, 2.05) is 49.4 Å². The van der Waals surface area contributed by atoms with Crippen LogP contribution in [0, 0.1) is 6.92 Å². The molecule has 2 N–H and O–H groups in total. The van der Waals surface area contributed by atoms with Crippen LogP contribution in [0.25, 0.3) is 0 Å². The van der Waals surface area contributed by atoms with Crippen LogP contribution in [-0.2, 0) is 30.9 Å². The molecule has 2 aliphatic heterocycles. The molecule has 2 aromatic rings. The van der Waals surface area contributed by atoms with Crippen molar-refractivity contribution in [2.75, 3.05) is 24.4 Å². The second-order valence-corrected chi connectivity index (χ2v) is 10.9. The number of aromatic nitrogens is 1. The van der Waals surface area contributed by atoms with Gasteiger partial charge in [-0.2, -0.15) is 26.3 Å². The van der Waals surface area contributed by atoms with Gasteiger partial charge in [0.1, 0.15) is 4.75 Å². The van der Waals surface area contributed by atoms with Crippen molar-refractivity contribution in [1.82, 2.24) is 9.88 Å². The number of carboxylic acids is 2. The number of carboxylic acid groups (broad SMARTS) is 2. The topological polar surface area (TPSA) is 128 Å². The predicted molar refractivity (Wildman–Crippen MR) is 126 cm³/mol. The first-order valence-corrected chi connectivity index (χ1v) is 12.6. The lowest BCUT2D eigenvalue weighted by molar-refractivity contribution is -0.193. The molecule has 0 atom stereocenters. The number of carbonyl (C=O) groups is 2. The minimum absolute atomic E-state index is 0.627. The first kappa shape index (κ1) is 31.8. The van der Waals surface area contributed by atoms with Crippen LogP contribution in [0.2, 0.25) is 0 Å². The Morgan fingerprint density at radius 3 is 1.87 bits per heavy atom. The third-order valence-electron chi connectivity index (χ3n) is 6.07. The molecule has 0 amide bonds. The number of hydrogen-bond acceptors (Lipinski definition) is 6. The number of pyridine rings is 1. The molecule has 1 spiro atoms. The number of alkyl halides is 6. The molecule has 0 aliphatic carbocycles. The molecule has 3 heterocycles. The maximum Gasteiger partial charge on any atom is 0.490 e. The summed E-state index contributed by atoms with van der Waals surface area (Å²) in [7, 11) is -1.69. The van der Waals surface area contributed by atoms with Crippen molar-refractivity contribution in [2.24, 2.45) is 0 Å². The van der Waals surface area contributed by atoms with E-state index in [2.05, 4.69) is 9.88 Å². The van der Waals surface area contributed by atoms with Gasteiger partial charge in [-0.3, -0.25) is 14.2 Å². The zero-order chi connectivity index (χ0) is 29.8. The van der Waals surface area contributed by atoms with Gasteiger partial charge in [0.25, 0.3) is 0 Å². The fourth-order valence-electron chi connectivity index (χ4n) is 4.18. The van der Waals surface area contributed by atoms with Crippen LogP contribution >= 0.6 is 0 Å². The van der Waals surface area contributed by atoms with Crippen LogP contribution in [0.5, 0.6) is 0 Å². The van der Waals surface area contributed by atoms with Gasteiger partial charge in [0.15, 0.2) is 0 Å². The molecule has 16 heteroatoms. The van der Waals surface area contributed by atoms with Crippen LogP contribution in [0.4, 0.5) is 32.0 Å². The third kappa shape index (κ3) is 7.38. The van der Waals surface area contributed by atoms with Gasteiger partial charge < -0.3 is 10.2 Å². The van der Waals surface area contributed by atoms with Gasteiger partial charge >= 0.3 is 24.3 Å². The number of aryl methyl sites for hydroxylation is 1. The van der Waals surface area contributed by atoms with Gasteiger partial charge in [0.05, 0.1) is 11.4 Å². The lowest BCUT2D eigenvalue weighted by atomic mass is 9.87. The lowest BCUT2D eigenvalue weighted by Gasteiger charge is -2.38. The Labute approximate surface area is 219 Å². The summed E-state index contributed by atoms with van der Waals surface area (Å²) in [6, 6.07) is 13.8. The zero-order valence-corrected chi connectivity index (χ0v) is 21.4. The van der Waals surface area contributed by atoms with E-state index in [1.165, 1.54) is 4.31 Å². The number of nitrogens with zero attached hydrogens (tertiary/aromatic N) is 3. The van der Waals surface area contributed by atoms with E-state index in [0.717, 1.165) is 42.3 Å². The first-order chi connectivity index (χ1) is 17.8. The van der Waals surface area contributed by atoms with E-state index in [1.54, 1.807) is 7.05 Å². The molecule has 2 aliphatic rings. The SMILES string of the molecule is Cc1cccc(CN2CCC3(CC2)c2ccccc2N(C)S3(=O)=O)n1.O=C(O)C(F)(F)F.O=C(O)C(F)(F)F. The van der Waals surface area contributed by atoms with Crippen molar-refractivity contribution in [3.05, 3.63) is 59.4 Å². The van der Waals surface area contributed by atoms with Gasteiger partial charge in [-0.1, -0.05) is 24.3 Å². The van der Waals surface area contributed by atoms with Crippen LogP contribution < -0.4 is 4.31 Å². The summed E-state index contributed by atoms with van der Waals surface area (Å²) in [5.74, 6) is -5.51. The number of fused-ring (bicyclic) bond motifs is 2. The molecule has 0 radical (unpaired) electrons. The fourth-order valence-corrected chi connectivity index (χ4v) is 6.27. The minimum atomic E-state index is -5.08. The van der Waals surface area contributed by atoms with Crippen LogP contribution in [0.15, 0.2) is 42.5 Å². The van der Waals surface area contributed by atoms with E-state index >= 15 is 0 Å². The molecule has 0 saturated carbocycles. The highest BCUT2D eigenvalue weighted by molar-refractivity contribution is 7.94. The number of rotatable bonds is 2. The van der Waals surface area contributed by atoms with E-state index in [9.17, 15) is 34.8 Å². The summed E-state index contributed by atoms with van der Waals surface area (Å²) in [5.41, 5.74) is 3.85. The second kappa shape index (κ2) is 11.8. The van der Waals surface area contributed by atoms with Crippen LogP contribution in [-0.4, -0.2) is 72.9 Å². The minimum Gasteiger partial charge on any atom is -0.475 e. The normalized spacial score (nSPS) is 17.8. The Morgan fingerprint density at radius 1 is 0.923 bits per heavy atom. The number of piperidine rings is 1. The zero-order valence-electron chi connectivity index (χ0n) is 20.6. The highest BCUT2D eigenvalue weighted by Gasteiger charge is 2.55. The largest absolute Gasteiger partial charge is 0.490 e. The van der Waals surface area contributed by atoms with E-state index in [-0.39, 0.29) is 0 Å². The smallest absolute Gasteiger partial charge is 0.475 e. The quantitative estimate of drug-likeness (QED) is 0.508. The summed E-state index contributed by atoms with van der Waals surface area (Å²) in [5, 5.41) is 14.2. The van der Waals surface area contributed by atoms with Gasteiger partial charge in [-0.25, -0.2) is 18.0 Å². The maximum absolute atomic E-state index is 13.1. The predicted octanol–water partition coefficient (Wildman–Crippen LogP) is 3.93. The molecule has 9 nitrogen and oxygen atoms in total. The Bertz CT molecular complexity index is 1270. The Kier molecular flexibility index (Phi) is 9.60. The van der Waals surface area contributed by atoms with Gasteiger partial charge in [-0.15, -0.1) is 0 Å². The number of likely N-dealkylation sites (tertiary alicyclic amines) is 1. The molecular weight excluding hydrogens is 560 g/mol. The number of halogens is 6. The average molecular weight is 586 g/mol. The highest BCUT2D eigenvalue weighted by atomic mass is 32.2. The molecule has 1 aromatic carbocycles. The van der Waals surface area contributed by atoms with E-state index in [4.69, 9.17) is 19.8 Å². The van der Waals surface area contributed by atoms with E-state index < -0.39 is 39.1 Å². The first-order valence-electron chi connectivity index (χ1n) is 11.2. The number of para-hydroxylation sites is 1. The molecule has 0 unspecified atom stereocenters. The summed E-state index contributed by atoms with van der Waals surface area (Å²) in [4.78, 5) is 24.7. The Morgan fingerprint density at radius 2 is 1.41 bits per heavy atom. The van der Waals surface area contributed by atoms with Crippen molar-refractivity contribution in [1.29, 1.82) is 0 Å². The second-order valence-electron chi connectivity index (χ2n) is 8.64. The summed E-state index contributed by atoms with van der Waals surface area (Å²) in [6.45, 7) is 4.29. The Balaban J connectivity index is 0.000000317. The fraction of sp³-hybridized carbons (Fsp3) is 0.435. The van der Waals surface area contributed by atoms with Crippen LogP contribution in [0.3, 0.4) is 0 Å². The number of sulfonamides is 1. The Hall–Kier alpha value is -3.40. The summed E-state index contributed by atoms with van der Waals surface area (Å²) in [6.07, 6.45) is -8.91. The molecule has 0 bridgehead atoms. The average Bonchev–Trinajstić information content (AvgIpc) is 2.98. The monoisotopic (exact) mass is 585 g/mol. The highest BCUT2D eigenvalue weighted by Crippen LogP contribution is 2.51. The molecule has 39 heavy (non-hydrogen) atoms. The van der Waals surface area contributed by atoms with Crippen molar-refractivity contribution < 1.29 is 54.6 Å². The number of benzene rings is 1. The van der Waals surface area contributed by atoms with Crippen molar-refractivity contribution in [2.45, 2.75) is 43.4 Å². The van der Waals surface area contributed by atoms with Crippen molar-refractivity contribution in [3.63, 3.8) is 0 Å². The molecule has 4 rings (SSSR count). The van der Waals surface area contributed by atoms with Crippen molar-refractivity contribution >= 4 is 27.6 Å². The molecule has 1 fully saturated rings. The van der Waals surface area contributed by atoms with Gasteiger partial charge in [0.2, 0.25) is 10.0 Å². The molecule has 1 aromatic heterocycles. The van der Waals surface area contributed by atoms with Gasteiger partial charge in [-0.05, 0) is 43.5 Å². The van der Waals surface area contributed by atoms with Crippen molar-refractivity contribution in [3.8, 4) is 0 Å². The summed E-state index contributed by atoms with van der Waals surface area (Å²) < 4.78 is 90.4. The van der Waals surface area contributed by atoms with E-state index in [0.29, 0.717) is 12.8 Å². The third-order valence-corrected chi connectivity index (χ3v) is 8.60. The number of aliphatic carboxylic acids is 2. The molecule has 216 valence electrons. The number of anilines is 1. The van der Waals surface area contributed by atoms with Crippen LogP contribution in [0.1, 0.15) is 29.8 Å². The molecule has 1 saturated heterocycles. The molecular formula is C23H25F6N3O6S. The standard InChI is InChI=1S/C19H23N3O2S.2C2HF3O2/c1-15-6-5-7-16(20-15)14-22-12-10-19(11-13-22)17-8-3-4-9-18(17)21(2)25(19,23)24;2*3-2(4,5)1(6)7/h3-9H,10-14H2,1-2H3;2*(H,6,7). The maximum atomic E-state index is 13.1. The number of hydrogen-bond donors (Lipinski definition) is 2. The van der Waals surface area contributed by atoms with Gasteiger partial charge in [0, 0.05) is 32.4 Å².